The van der Waals surface area contributed by atoms with Gasteiger partial charge in [-0.1, -0.05) is 12.1 Å². The zero-order chi connectivity index (χ0) is 21.3. The molecule has 0 radical (unpaired) electrons. The molecule has 4 rings (SSSR count). The van der Waals surface area contributed by atoms with E-state index < -0.39 is 23.5 Å². The third kappa shape index (κ3) is 3.68. The Labute approximate surface area is 173 Å². The zero-order valence-corrected chi connectivity index (χ0v) is 16.5. The summed E-state index contributed by atoms with van der Waals surface area (Å²) in [5.41, 5.74) is 0.725. The lowest BCUT2D eigenvalue weighted by molar-refractivity contribution is -0.140. The second-order valence-corrected chi connectivity index (χ2v) is 7.37. The fraction of sp³-hybridized carbons (Fsp3) is 0.304. The number of nitrogens with zero attached hydrogens (tertiary/aromatic N) is 1. The number of halogens is 1. The van der Waals surface area contributed by atoms with E-state index in [0.717, 1.165) is 12.8 Å². The number of hydrogen-bond donors (Lipinski definition) is 1. The second-order valence-electron chi connectivity index (χ2n) is 7.37. The van der Waals surface area contributed by atoms with Crippen molar-refractivity contribution in [2.75, 3.05) is 20.3 Å². The molecule has 2 aliphatic heterocycles. The topological polar surface area (TPSA) is 76.1 Å². The number of ketones is 1. The first kappa shape index (κ1) is 20.1. The quantitative estimate of drug-likeness (QED) is 0.463. The molecule has 0 aromatic heterocycles. The van der Waals surface area contributed by atoms with Gasteiger partial charge < -0.3 is 19.5 Å². The number of hydrogen-bond acceptors (Lipinski definition) is 5. The van der Waals surface area contributed by atoms with Crippen LogP contribution in [-0.2, 0) is 14.3 Å². The molecule has 0 unspecified atom stereocenters. The van der Waals surface area contributed by atoms with Crippen molar-refractivity contribution >= 4 is 17.4 Å². The molecule has 2 saturated heterocycles. The van der Waals surface area contributed by atoms with Crippen LogP contribution in [0.1, 0.15) is 30.0 Å². The summed E-state index contributed by atoms with van der Waals surface area (Å²) < 4.78 is 24.7. The highest BCUT2D eigenvalue weighted by molar-refractivity contribution is 6.46. The van der Waals surface area contributed by atoms with Crippen LogP contribution in [0.5, 0.6) is 5.75 Å². The van der Waals surface area contributed by atoms with Gasteiger partial charge in [0.2, 0.25) is 0 Å². The van der Waals surface area contributed by atoms with Gasteiger partial charge in [0.05, 0.1) is 24.8 Å². The Morgan fingerprint density at radius 3 is 2.63 bits per heavy atom. The molecule has 1 amide bonds. The molecule has 2 atom stereocenters. The Bertz CT molecular complexity index is 995. The van der Waals surface area contributed by atoms with Gasteiger partial charge in [-0.15, -0.1) is 0 Å². The number of carbonyl (C=O) groups is 2. The minimum absolute atomic E-state index is 0.0613. The van der Waals surface area contributed by atoms with Gasteiger partial charge in [-0.25, -0.2) is 4.39 Å². The molecule has 2 fully saturated rings. The normalized spacial score (nSPS) is 23.2. The molecule has 2 heterocycles. The Morgan fingerprint density at radius 2 is 2.00 bits per heavy atom. The second kappa shape index (κ2) is 8.28. The van der Waals surface area contributed by atoms with E-state index >= 15 is 0 Å². The van der Waals surface area contributed by atoms with Crippen molar-refractivity contribution in [1.82, 2.24) is 4.90 Å². The third-order valence-electron chi connectivity index (χ3n) is 5.49. The van der Waals surface area contributed by atoms with Crippen LogP contribution in [0, 0.1) is 5.82 Å². The van der Waals surface area contributed by atoms with Gasteiger partial charge in [-0.2, -0.15) is 0 Å². The highest BCUT2D eigenvalue weighted by atomic mass is 19.1. The van der Waals surface area contributed by atoms with Crippen molar-refractivity contribution in [2.24, 2.45) is 0 Å². The summed E-state index contributed by atoms with van der Waals surface area (Å²) >= 11 is 0. The number of methoxy groups -OCH3 is 1. The molecule has 2 aliphatic rings. The molecule has 7 heteroatoms. The molecule has 0 aliphatic carbocycles. The monoisotopic (exact) mass is 411 g/mol. The van der Waals surface area contributed by atoms with Crippen molar-refractivity contribution in [3.63, 3.8) is 0 Å². The van der Waals surface area contributed by atoms with Crippen LogP contribution in [0.2, 0.25) is 0 Å². The molecule has 6 nitrogen and oxygen atoms in total. The summed E-state index contributed by atoms with van der Waals surface area (Å²) in [4.78, 5) is 27.2. The van der Waals surface area contributed by atoms with Gasteiger partial charge in [-0.3, -0.25) is 9.59 Å². The van der Waals surface area contributed by atoms with E-state index in [0.29, 0.717) is 23.5 Å². The molecular formula is C23H22FNO5. The molecule has 30 heavy (non-hydrogen) atoms. The SMILES string of the molecule is COc1ccc(/C(O)=C2\C(=O)C(=O)N(C[C@H]3CCCO3)[C@H]2c2cccc(F)c2)cc1. The van der Waals surface area contributed by atoms with Crippen molar-refractivity contribution in [1.29, 1.82) is 0 Å². The van der Waals surface area contributed by atoms with E-state index in [9.17, 15) is 19.1 Å². The van der Waals surface area contributed by atoms with Crippen LogP contribution >= 0.6 is 0 Å². The lowest BCUT2D eigenvalue weighted by Gasteiger charge is -2.27. The van der Waals surface area contributed by atoms with Crippen molar-refractivity contribution < 1.29 is 28.6 Å². The van der Waals surface area contributed by atoms with Gasteiger partial charge >= 0.3 is 0 Å². The third-order valence-corrected chi connectivity index (χ3v) is 5.49. The number of aliphatic hydroxyl groups is 1. The highest BCUT2D eigenvalue weighted by Crippen LogP contribution is 2.40. The average molecular weight is 411 g/mol. The highest BCUT2D eigenvalue weighted by Gasteiger charge is 2.47. The van der Waals surface area contributed by atoms with E-state index in [2.05, 4.69) is 0 Å². The van der Waals surface area contributed by atoms with E-state index in [1.807, 2.05) is 0 Å². The first-order chi connectivity index (χ1) is 14.5. The predicted molar refractivity (Wildman–Crippen MR) is 107 cm³/mol. The Kier molecular flexibility index (Phi) is 5.55. The van der Waals surface area contributed by atoms with Crippen LogP contribution in [0.15, 0.2) is 54.1 Å². The fourth-order valence-electron chi connectivity index (χ4n) is 4.00. The molecule has 0 bridgehead atoms. The maximum absolute atomic E-state index is 14.0. The van der Waals surface area contributed by atoms with Gasteiger partial charge in [0.15, 0.2) is 0 Å². The summed E-state index contributed by atoms with van der Waals surface area (Å²) in [7, 11) is 1.52. The summed E-state index contributed by atoms with van der Waals surface area (Å²) in [6, 6.07) is 11.3. The van der Waals surface area contributed by atoms with Gasteiger partial charge in [0, 0.05) is 18.7 Å². The maximum atomic E-state index is 14.0. The molecule has 2 aromatic rings. The number of aliphatic hydroxyl groups excluding tert-OH is 1. The lowest BCUT2D eigenvalue weighted by Crippen LogP contribution is -2.36. The van der Waals surface area contributed by atoms with E-state index in [-0.39, 0.29) is 24.0 Å². The number of benzene rings is 2. The Balaban J connectivity index is 1.81. The smallest absolute Gasteiger partial charge is 0.295 e. The van der Waals surface area contributed by atoms with Crippen LogP contribution < -0.4 is 4.74 Å². The number of amides is 1. The first-order valence-corrected chi connectivity index (χ1v) is 9.79. The largest absolute Gasteiger partial charge is 0.507 e. The first-order valence-electron chi connectivity index (χ1n) is 9.79. The van der Waals surface area contributed by atoms with Crippen LogP contribution in [0.3, 0.4) is 0 Å². The minimum atomic E-state index is -0.896. The van der Waals surface area contributed by atoms with E-state index in [4.69, 9.17) is 9.47 Å². The summed E-state index contributed by atoms with van der Waals surface area (Å²) in [6.45, 7) is 0.802. The van der Waals surface area contributed by atoms with Gasteiger partial charge in [0.1, 0.15) is 17.3 Å². The van der Waals surface area contributed by atoms with Crippen molar-refractivity contribution in [2.45, 2.75) is 25.0 Å². The summed E-state index contributed by atoms with van der Waals surface area (Å²) in [5, 5.41) is 11.0. The van der Waals surface area contributed by atoms with E-state index in [1.165, 1.54) is 30.2 Å². The average Bonchev–Trinajstić information content (AvgIpc) is 3.36. The number of Topliss-reactive ketones (excluding diaryl/α,β-unsaturated/α-hetero) is 1. The number of carbonyl (C=O) groups excluding carboxylic acids is 2. The molecule has 0 saturated carbocycles. The Hall–Kier alpha value is -3.19. The van der Waals surface area contributed by atoms with Crippen LogP contribution in [-0.4, -0.2) is 48.1 Å². The maximum Gasteiger partial charge on any atom is 0.295 e. The van der Waals surface area contributed by atoms with Crippen LogP contribution in [0.4, 0.5) is 4.39 Å². The standard InChI is InChI=1S/C23H22FNO5/c1-29-17-9-7-14(8-10-17)21(26)19-20(15-4-2-5-16(24)12-15)25(23(28)22(19)27)13-18-6-3-11-30-18/h2,4-5,7-10,12,18,20,26H,3,6,11,13H2,1H3/b21-19+/t18-,20+/m1/s1. The van der Waals surface area contributed by atoms with Gasteiger partial charge in [-0.05, 0) is 54.8 Å². The van der Waals surface area contributed by atoms with E-state index in [1.54, 1.807) is 30.3 Å². The van der Waals surface area contributed by atoms with Crippen molar-refractivity contribution in [3.8, 4) is 5.75 Å². The number of rotatable bonds is 5. The lowest BCUT2D eigenvalue weighted by atomic mass is 9.95. The van der Waals surface area contributed by atoms with Crippen LogP contribution in [0.25, 0.3) is 5.76 Å². The number of likely N-dealkylation sites (tertiary alicyclic amines) is 1. The zero-order valence-electron chi connectivity index (χ0n) is 16.5. The number of ether oxygens (including phenoxy) is 2. The predicted octanol–water partition coefficient (Wildman–Crippen LogP) is 3.44. The summed E-state index contributed by atoms with van der Waals surface area (Å²) in [5.74, 6) is -1.72. The Morgan fingerprint density at radius 1 is 1.23 bits per heavy atom. The summed E-state index contributed by atoms with van der Waals surface area (Å²) in [6.07, 6.45) is 1.46. The molecular weight excluding hydrogens is 389 g/mol. The molecule has 2 aromatic carbocycles. The molecule has 156 valence electrons. The van der Waals surface area contributed by atoms with Gasteiger partial charge in [0.25, 0.3) is 11.7 Å². The molecule has 1 N–H and O–H groups in total. The fourth-order valence-corrected chi connectivity index (χ4v) is 4.00. The van der Waals surface area contributed by atoms with Crippen molar-refractivity contribution in [3.05, 3.63) is 71.0 Å². The molecule has 0 spiro atoms. The minimum Gasteiger partial charge on any atom is -0.507 e.